The number of benzene rings is 1. The van der Waals surface area contributed by atoms with Gasteiger partial charge in [-0.05, 0) is 24.3 Å². The molecule has 19 heavy (non-hydrogen) atoms. The summed E-state index contributed by atoms with van der Waals surface area (Å²) >= 11 is 11.6. The maximum absolute atomic E-state index is 12.1. The van der Waals surface area contributed by atoms with Crippen molar-refractivity contribution in [3.63, 3.8) is 0 Å². The molecule has 0 saturated heterocycles. The van der Waals surface area contributed by atoms with Crippen LogP contribution in [-0.4, -0.2) is 15.3 Å². The second-order valence-electron chi connectivity index (χ2n) is 3.67. The lowest BCUT2D eigenvalue weighted by Crippen LogP contribution is -1.96. The zero-order chi connectivity index (χ0) is 14.0. The van der Waals surface area contributed by atoms with Gasteiger partial charge in [-0.25, -0.2) is 4.79 Å². The Morgan fingerprint density at radius 2 is 2.00 bits per heavy atom. The summed E-state index contributed by atoms with van der Waals surface area (Å²) in [7, 11) is -1.38. The lowest BCUT2D eigenvalue weighted by atomic mass is 10.3. The molecule has 0 spiro atoms. The molecular formula is C12H8Cl2O4S. The minimum absolute atomic E-state index is 0.0288. The highest BCUT2D eigenvalue weighted by atomic mass is 35.5. The van der Waals surface area contributed by atoms with Crippen LogP contribution in [0.5, 0.6) is 0 Å². The Balaban J connectivity index is 2.15. The second kappa shape index (κ2) is 5.77. The fraction of sp³-hybridized carbons (Fsp3) is 0.0833. The first-order valence-corrected chi connectivity index (χ1v) is 7.19. The van der Waals surface area contributed by atoms with Crippen LogP contribution in [0.4, 0.5) is 0 Å². The van der Waals surface area contributed by atoms with Crippen molar-refractivity contribution in [2.24, 2.45) is 0 Å². The molecule has 4 nitrogen and oxygen atoms in total. The number of hydrogen-bond acceptors (Lipinski definition) is 3. The number of carboxylic acids is 1. The molecule has 1 aromatic heterocycles. The van der Waals surface area contributed by atoms with Crippen LogP contribution in [0.25, 0.3) is 0 Å². The first-order valence-electron chi connectivity index (χ1n) is 5.11. The van der Waals surface area contributed by atoms with Crippen LogP contribution >= 0.6 is 23.2 Å². The zero-order valence-electron chi connectivity index (χ0n) is 9.43. The van der Waals surface area contributed by atoms with Gasteiger partial charge in [0.05, 0.1) is 32.2 Å². The van der Waals surface area contributed by atoms with Gasteiger partial charge in [-0.3, -0.25) is 4.21 Å². The Hall–Kier alpha value is -1.30. The smallest absolute Gasteiger partial charge is 0.338 e. The SMILES string of the molecule is O=C(O)c1coc(CS(=O)c2ccc(Cl)c(Cl)c2)c1. The summed E-state index contributed by atoms with van der Waals surface area (Å²) in [5.41, 5.74) is 0.0288. The van der Waals surface area contributed by atoms with E-state index in [0.717, 1.165) is 6.26 Å². The second-order valence-corrected chi connectivity index (χ2v) is 5.94. The molecule has 0 aliphatic heterocycles. The Morgan fingerprint density at radius 3 is 2.58 bits per heavy atom. The number of aromatic carboxylic acids is 1. The summed E-state index contributed by atoms with van der Waals surface area (Å²) in [6.07, 6.45) is 1.11. The molecule has 1 heterocycles. The van der Waals surface area contributed by atoms with Crippen LogP contribution in [0.1, 0.15) is 16.1 Å². The Morgan fingerprint density at radius 1 is 1.26 bits per heavy atom. The number of halogens is 2. The molecule has 100 valence electrons. The van der Waals surface area contributed by atoms with Crippen molar-refractivity contribution in [1.29, 1.82) is 0 Å². The molecule has 0 aliphatic rings. The van der Waals surface area contributed by atoms with E-state index < -0.39 is 16.8 Å². The van der Waals surface area contributed by atoms with Crippen molar-refractivity contribution < 1.29 is 18.5 Å². The highest BCUT2D eigenvalue weighted by molar-refractivity contribution is 7.84. The van der Waals surface area contributed by atoms with Gasteiger partial charge < -0.3 is 9.52 Å². The number of carboxylic acid groups (broad SMARTS) is 1. The molecule has 7 heteroatoms. The number of hydrogen-bond donors (Lipinski definition) is 1. The third-order valence-electron chi connectivity index (χ3n) is 2.33. The molecule has 1 atom stereocenters. The number of carbonyl (C=O) groups is 1. The highest BCUT2D eigenvalue weighted by Crippen LogP contribution is 2.25. The molecule has 2 rings (SSSR count). The topological polar surface area (TPSA) is 67.5 Å². The lowest BCUT2D eigenvalue weighted by Gasteiger charge is -2.02. The van der Waals surface area contributed by atoms with E-state index in [1.54, 1.807) is 12.1 Å². The summed E-state index contributed by atoms with van der Waals surface area (Å²) in [6, 6.07) is 6.02. The van der Waals surface area contributed by atoms with E-state index in [-0.39, 0.29) is 11.3 Å². The van der Waals surface area contributed by atoms with Gasteiger partial charge in [0.2, 0.25) is 0 Å². The maximum Gasteiger partial charge on any atom is 0.338 e. The summed E-state index contributed by atoms with van der Waals surface area (Å²) < 4.78 is 17.1. The number of furan rings is 1. The van der Waals surface area contributed by atoms with E-state index in [2.05, 4.69) is 0 Å². The third kappa shape index (κ3) is 3.37. The Labute approximate surface area is 121 Å². The van der Waals surface area contributed by atoms with Gasteiger partial charge >= 0.3 is 5.97 Å². The number of rotatable bonds is 4. The maximum atomic E-state index is 12.1. The fourth-order valence-electron chi connectivity index (χ4n) is 1.40. The van der Waals surface area contributed by atoms with Gasteiger partial charge in [-0.1, -0.05) is 23.2 Å². The fourth-order valence-corrected chi connectivity index (χ4v) is 2.81. The molecule has 0 fully saturated rings. The average molecular weight is 319 g/mol. The van der Waals surface area contributed by atoms with Gasteiger partial charge in [0.25, 0.3) is 0 Å². The van der Waals surface area contributed by atoms with E-state index in [1.807, 2.05) is 0 Å². The van der Waals surface area contributed by atoms with Gasteiger partial charge in [0.1, 0.15) is 12.0 Å². The van der Waals surface area contributed by atoms with E-state index in [9.17, 15) is 9.00 Å². The molecule has 0 aliphatic carbocycles. The predicted molar refractivity (Wildman–Crippen MR) is 72.2 cm³/mol. The van der Waals surface area contributed by atoms with Gasteiger partial charge in [0.15, 0.2) is 0 Å². The average Bonchev–Trinajstić information content (AvgIpc) is 2.81. The molecule has 0 saturated carbocycles. The van der Waals surface area contributed by atoms with Crippen molar-refractivity contribution in [1.82, 2.24) is 0 Å². The summed E-state index contributed by atoms with van der Waals surface area (Å²) in [5, 5.41) is 9.45. The van der Waals surface area contributed by atoms with Crippen LogP contribution in [0.15, 0.2) is 39.8 Å². The molecule has 1 N–H and O–H groups in total. The summed E-state index contributed by atoms with van der Waals surface area (Å²) in [5.74, 6) is -0.678. The normalized spacial score (nSPS) is 12.3. The van der Waals surface area contributed by atoms with Crippen molar-refractivity contribution in [3.05, 3.63) is 51.9 Å². The van der Waals surface area contributed by atoms with E-state index >= 15 is 0 Å². The zero-order valence-corrected chi connectivity index (χ0v) is 11.8. The van der Waals surface area contributed by atoms with Gasteiger partial charge in [-0.2, -0.15) is 0 Å². The summed E-state index contributed by atoms with van der Waals surface area (Å²) in [4.78, 5) is 11.2. The Bertz CT molecular complexity index is 651. The first kappa shape index (κ1) is 14.1. The quantitative estimate of drug-likeness (QED) is 0.935. The monoisotopic (exact) mass is 318 g/mol. The predicted octanol–water partition coefficient (Wildman–Crippen LogP) is 3.59. The molecule has 0 amide bonds. The molecule has 1 unspecified atom stereocenters. The molecule has 1 aromatic carbocycles. The third-order valence-corrected chi connectivity index (χ3v) is 4.39. The molecular weight excluding hydrogens is 311 g/mol. The van der Waals surface area contributed by atoms with Gasteiger partial charge in [-0.15, -0.1) is 0 Å². The highest BCUT2D eigenvalue weighted by Gasteiger charge is 2.13. The van der Waals surface area contributed by atoms with E-state index in [1.165, 1.54) is 12.1 Å². The van der Waals surface area contributed by atoms with E-state index in [4.69, 9.17) is 32.7 Å². The molecule has 0 radical (unpaired) electrons. The van der Waals surface area contributed by atoms with Crippen molar-refractivity contribution >= 4 is 40.0 Å². The lowest BCUT2D eigenvalue weighted by molar-refractivity contribution is 0.0696. The minimum Gasteiger partial charge on any atom is -0.478 e. The molecule has 0 bridgehead atoms. The standard InChI is InChI=1S/C12H8Cl2O4S/c13-10-2-1-9(4-11(10)14)19(17)6-8-3-7(5-18-8)12(15)16/h1-5H,6H2,(H,15,16). The van der Waals surface area contributed by atoms with Crippen LogP contribution < -0.4 is 0 Å². The Kier molecular flexibility index (Phi) is 4.29. The first-order chi connectivity index (χ1) is 8.97. The van der Waals surface area contributed by atoms with Crippen molar-refractivity contribution in [2.75, 3.05) is 0 Å². The van der Waals surface area contributed by atoms with Crippen molar-refractivity contribution in [3.8, 4) is 0 Å². The van der Waals surface area contributed by atoms with Crippen LogP contribution in [0.2, 0.25) is 10.0 Å². The van der Waals surface area contributed by atoms with Crippen LogP contribution in [0.3, 0.4) is 0 Å². The van der Waals surface area contributed by atoms with Gasteiger partial charge in [0, 0.05) is 4.90 Å². The molecule has 2 aromatic rings. The minimum atomic E-state index is -1.38. The summed E-state index contributed by atoms with van der Waals surface area (Å²) in [6.45, 7) is 0. The van der Waals surface area contributed by atoms with Crippen LogP contribution in [-0.2, 0) is 16.6 Å². The van der Waals surface area contributed by atoms with Crippen LogP contribution in [0, 0.1) is 0 Å². The van der Waals surface area contributed by atoms with Crippen molar-refractivity contribution in [2.45, 2.75) is 10.6 Å². The van der Waals surface area contributed by atoms with E-state index in [0.29, 0.717) is 20.7 Å². The largest absolute Gasteiger partial charge is 0.478 e.